The third kappa shape index (κ3) is 2.44. The lowest BCUT2D eigenvalue weighted by atomic mass is 9.84. The Morgan fingerprint density at radius 1 is 1.00 bits per heavy atom. The van der Waals surface area contributed by atoms with E-state index in [1.165, 1.54) is 57.8 Å². The molecule has 1 heterocycles. The minimum atomic E-state index is -0.0482. The van der Waals surface area contributed by atoms with Crippen LogP contribution in [0.2, 0.25) is 0 Å². The zero-order chi connectivity index (χ0) is 12.4. The first-order valence-electron chi connectivity index (χ1n) is 7.43. The number of aromatic nitrogens is 2. The van der Waals surface area contributed by atoms with Gasteiger partial charge >= 0.3 is 0 Å². The quantitative estimate of drug-likeness (QED) is 0.892. The van der Waals surface area contributed by atoms with E-state index in [1.54, 1.807) is 0 Å². The van der Waals surface area contributed by atoms with Crippen molar-refractivity contribution >= 4 is 0 Å². The van der Waals surface area contributed by atoms with Crippen LogP contribution >= 0.6 is 0 Å². The summed E-state index contributed by atoms with van der Waals surface area (Å²) in [7, 11) is 0. The highest BCUT2D eigenvalue weighted by Gasteiger charge is 2.28. The van der Waals surface area contributed by atoms with Crippen LogP contribution in [0.3, 0.4) is 0 Å². The van der Waals surface area contributed by atoms with E-state index in [0.29, 0.717) is 17.7 Å². The van der Waals surface area contributed by atoms with Crippen LogP contribution in [0.15, 0.2) is 4.52 Å². The first-order chi connectivity index (χ1) is 8.84. The third-order valence-electron chi connectivity index (χ3n) is 4.62. The fourth-order valence-electron chi connectivity index (χ4n) is 3.43. The number of hydrogen-bond acceptors (Lipinski definition) is 4. The molecule has 1 unspecified atom stereocenters. The Hall–Kier alpha value is -0.900. The molecule has 2 aliphatic carbocycles. The molecule has 100 valence electrons. The van der Waals surface area contributed by atoms with Crippen LogP contribution in [-0.4, -0.2) is 10.1 Å². The van der Waals surface area contributed by atoms with Gasteiger partial charge in [0.15, 0.2) is 5.82 Å². The van der Waals surface area contributed by atoms with Crippen molar-refractivity contribution in [2.24, 2.45) is 11.7 Å². The lowest BCUT2D eigenvalue weighted by molar-refractivity contribution is 0.255. The van der Waals surface area contributed by atoms with Gasteiger partial charge in [-0.1, -0.05) is 37.3 Å². The zero-order valence-electron chi connectivity index (χ0n) is 11.0. The second-order valence-electron chi connectivity index (χ2n) is 5.90. The van der Waals surface area contributed by atoms with E-state index in [2.05, 4.69) is 10.1 Å². The molecule has 2 aliphatic rings. The van der Waals surface area contributed by atoms with E-state index in [1.807, 2.05) is 0 Å². The highest BCUT2D eigenvalue weighted by atomic mass is 16.5. The van der Waals surface area contributed by atoms with Crippen molar-refractivity contribution < 1.29 is 4.52 Å². The molecule has 2 N–H and O–H groups in total. The second-order valence-corrected chi connectivity index (χ2v) is 5.90. The molecule has 1 aromatic rings. The van der Waals surface area contributed by atoms with Gasteiger partial charge in [-0.25, -0.2) is 0 Å². The largest absolute Gasteiger partial charge is 0.338 e. The van der Waals surface area contributed by atoms with Gasteiger partial charge in [0, 0.05) is 5.92 Å². The van der Waals surface area contributed by atoms with Gasteiger partial charge in [0.1, 0.15) is 0 Å². The fourth-order valence-corrected chi connectivity index (χ4v) is 3.43. The van der Waals surface area contributed by atoms with Crippen molar-refractivity contribution in [3.8, 4) is 0 Å². The van der Waals surface area contributed by atoms with Gasteiger partial charge in [-0.2, -0.15) is 4.98 Å². The zero-order valence-corrected chi connectivity index (χ0v) is 11.0. The molecule has 18 heavy (non-hydrogen) atoms. The van der Waals surface area contributed by atoms with Gasteiger partial charge in [-0.05, 0) is 31.6 Å². The third-order valence-corrected chi connectivity index (χ3v) is 4.62. The molecule has 4 heteroatoms. The van der Waals surface area contributed by atoms with Crippen molar-refractivity contribution in [1.82, 2.24) is 10.1 Å². The Morgan fingerprint density at radius 2 is 1.67 bits per heavy atom. The number of nitrogens with zero attached hydrogens (tertiary/aromatic N) is 2. The van der Waals surface area contributed by atoms with Gasteiger partial charge in [-0.3, -0.25) is 0 Å². The smallest absolute Gasteiger partial charge is 0.243 e. The van der Waals surface area contributed by atoms with E-state index in [9.17, 15) is 0 Å². The molecule has 0 radical (unpaired) electrons. The van der Waals surface area contributed by atoms with Gasteiger partial charge < -0.3 is 10.3 Å². The molecule has 0 aromatic carbocycles. The van der Waals surface area contributed by atoms with E-state index >= 15 is 0 Å². The summed E-state index contributed by atoms with van der Waals surface area (Å²) in [5.41, 5.74) is 6.29. The number of rotatable bonds is 3. The minimum Gasteiger partial charge on any atom is -0.338 e. The highest BCUT2D eigenvalue weighted by Crippen LogP contribution is 2.35. The van der Waals surface area contributed by atoms with Crippen LogP contribution in [0.5, 0.6) is 0 Å². The number of hydrogen-bond donors (Lipinski definition) is 1. The van der Waals surface area contributed by atoms with E-state index in [4.69, 9.17) is 10.3 Å². The molecule has 4 nitrogen and oxygen atoms in total. The molecule has 0 spiro atoms. The Kier molecular flexibility index (Phi) is 3.64. The summed E-state index contributed by atoms with van der Waals surface area (Å²) in [6.07, 6.45) is 11.4. The minimum absolute atomic E-state index is 0.0482. The van der Waals surface area contributed by atoms with Crippen LogP contribution in [-0.2, 0) is 0 Å². The molecule has 1 atom stereocenters. The van der Waals surface area contributed by atoms with Crippen molar-refractivity contribution in [1.29, 1.82) is 0 Å². The molecule has 0 amide bonds. The van der Waals surface area contributed by atoms with Crippen LogP contribution in [0.25, 0.3) is 0 Å². The molecular weight excluding hydrogens is 226 g/mol. The van der Waals surface area contributed by atoms with Gasteiger partial charge in [0.2, 0.25) is 5.89 Å². The monoisotopic (exact) mass is 249 g/mol. The average Bonchev–Trinajstić information content (AvgIpc) is 3.09. The van der Waals surface area contributed by atoms with Gasteiger partial charge in [0.25, 0.3) is 0 Å². The lowest BCUT2D eigenvalue weighted by Gasteiger charge is -2.24. The van der Waals surface area contributed by atoms with Crippen LogP contribution in [0.4, 0.5) is 0 Å². The van der Waals surface area contributed by atoms with E-state index in [0.717, 1.165) is 5.82 Å². The maximum Gasteiger partial charge on any atom is 0.243 e. The first-order valence-corrected chi connectivity index (χ1v) is 7.43. The van der Waals surface area contributed by atoms with E-state index < -0.39 is 0 Å². The molecular formula is C14H23N3O. The molecule has 2 saturated carbocycles. The fraction of sp³-hybridized carbons (Fsp3) is 0.857. The van der Waals surface area contributed by atoms with Crippen LogP contribution < -0.4 is 5.73 Å². The Labute approximate surface area is 108 Å². The van der Waals surface area contributed by atoms with Crippen molar-refractivity contribution in [3.05, 3.63) is 11.7 Å². The molecule has 0 bridgehead atoms. The van der Waals surface area contributed by atoms with Gasteiger partial charge in [-0.15, -0.1) is 0 Å². The standard InChI is InChI=1S/C14H23N3O/c15-12(10-6-2-1-3-7-10)14-16-13(17-18-14)11-8-4-5-9-11/h10-12H,1-9,15H2. The summed E-state index contributed by atoms with van der Waals surface area (Å²) < 4.78 is 5.41. The van der Waals surface area contributed by atoms with Crippen molar-refractivity contribution in [2.75, 3.05) is 0 Å². The number of nitrogens with two attached hydrogens (primary N) is 1. The summed E-state index contributed by atoms with van der Waals surface area (Å²) in [5, 5.41) is 4.15. The second kappa shape index (κ2) is 5.39. The predicted molar refractivity (Wildman–Crippen MR) is 69.0 cm³/mol. The average molecular weight is 249 g/mol. The topological polar surface area (TPSA) is 64.9 Å². The summed E-state index contributed by atoms with van der Waals surface area (Å²) >= 11 is 0. The lowest BCUT2D eigenvalue weighted by Crippen LogP contribution is -2.23. The molecule has 2 fully saturated rings. The van der Waals surface area contributed by atoms with Gasteiger partial charge in [0.05, 0.1) is 6.04 Å². The first kappa shape index (κ1) is 12.2. The summed E-state index contributed by atoms with van der Waals surface area (Å²) in [5.74, 6) is 2.62. The Bertz CT molecular complexity index is 378. The normalized spacial score (nSPS) is 24.5. The molecule has 1 aromatic heterocycles. The predicted octanol–water partition coefficient (Wildman–Crippen LogP) is 3.31. The summed E-state index contributed by atoms with van der Waals surface area (Å²) in [6.45, 7) is 0. The van der Waals surface area contributed by atoms with Crippen molar-refractivity contribution in [2.45, 2.75) is 69.7 Å². The summed E-state index contributed by atoms with van der Waals surface area (Å²) in [6, 6.07) is -0.0482. The molecule has 3 rings (SSSR count). The van der Waals surface area contributed by atoms with Crippen LogP contribution in [0.1, 0.15) is 81.5 Å². The maximum atomic E-state index is 6.29. The van der Waals surface area contributed by atoms with Crippen LogP contribution in [0, 0.1) is 5.92 Å². The Balaban J connectivity index is 1.67. The summed E-state index contributed by atoms with van der Waals surface area (Å²) in [4.78, 5) is 4.56. The highest BCUT2D eigenvalue weighted by molar-refractivity contribution is 5.01. The molecule has 0 aliphatic heterocycles. The van der Waals surface area contributed by atoms with E-state index in [-0.39, 0.29) is 6.04 Å². The SMILES string of the molecule is NC(c1nc(C2CCCC2)no1)C1CCCCC1. The molecule has 0 saturated heterocycles. The maximum absolute atomic E-state index is 6.29. The Morgan fingerprint density at radius 3 is 2.39 bits per heavy atom. The van der Waals surface area contributed by atoms with Crippen molar-refractivity contribution in [3.63, 3.8) is 0 Å².